The maximum absolute atomic E-state index is 5.91. The summed E-state index contributed by atoms with van der Waals surface area (Å²) in [5.74, 6) is 0.663. The minimum atomic E-state index is 0.431. The van der Waals surface area contributed by atoms with Gasteiger partial charge in [0, 0.05) is 16.4 Å². The van der Waals surface area contributed by atoms with Crippen LogP contribution in [0.3, 0.4) is 0 Å². The number of rotatable bonds is 3. The van der Waals surface area contributed by atoms with Crippen LogP contribution in [0.15, 0.2) is 27.1 Å². The second kappa shape index (κ2) is 5.52. The fourth-order valence-corrected chi connectivity index (χ4v) is 3.00. The second-order valence-electron chi connectivity index (χ2n) is 3.34. The van der Waals surface area contributed by atoms with Crippen LogP contribution in [0.5, 0.6) is 5.75 Å². The molecular weight excluding hydrogens is 371 g/mol. The lowest BCUT2D eigenvalue weighted by Crippen LogP contribution is -2.11. The Kier molecular flexibility index (Phi) is 4.25. The van der Waals surface area contributed by atoms with Gasteiger partial charge in [0.15, 0.2) is 5.75 Å². The molecule has 0 saturated carbocycles. The Bertz CT molecular complexity index is 563. The number of ether oxygens (including phenoxy) is 1. The quantitative estimate of drug-likeness (QED) is 0.825. The Morgan fingerprint density at radius 2 is 2.06 bits per heavy atom. The van der Waals surface area contributed by atoms with Crippen molar-refractivity contribution in [1.29, 1.82) is 0 Å². The normalized spacial score (nSPS) is 10.8. The van der Waals surface area contributed by atoms with Gasteiger partial charge in [-0.2, -0.15) is 0 Å². The van der Waals surface area contributed by atoms with Crippen LogP contribution < -0.4 is 10.5 Å². The average molecular weight is 380 g/mol. The van der Waals surface area contributed by atoms with Gasteiger partial charge in [0.05, 0.1) is 4.47 Å². The monoisotopic (exact) mass is 378 g/mol. The van der Waals surface area contributed by atoms with E-state index in [-0.39, 0.29) is 0 Å². The van der Waals surface area contributed by atoms with E-state index in [1.165, 1.54) is 0 Å². The highest BCUT2D eigenvalue weighted by Gasteiger charge is 2.12. The minimum Gasteiger partial charge on any atom is -0.489 e. The number of fused-ring (bicyclic) bond motifs is 1. The SMILES string of the molecule is NCCOc1c(Br)cc(Br)c2ccc(Cl)nc12. The third-order valence-corrected chi connectivity index (χ3v) is 3.62. The largest absolute Gasteiger partial charge is 0.489 e. The Morgan fingerprint density at radius 3 is 2.76 bits per heavy atom. The Morgan fingerprint density at radius 1 is 1.29 bits per heavy atom. The molecule has 1 aromatic carbocycles. The molecule has 1 aromatic heterocycles. The van der Waals surface area contributed by atoms with E-state index in [2.05, 4.69) is 36.8 Å². The molecule has 0 amide bonds. The van der Waals surface area contributed by atoms with Crippen LogP contribution in [0.2, 0.25) is 5.15 Å². The van der Waals surface area contributed by atoms with Gasteiger partial charge in [-0.15, -0.1) is 0 Å². The molecule has 90 valence electrons. The van der Waals surface area contributed by atoms with Crippen molar-refractivity contribution in [2.45, 2.75) is 0 Å². The third-order valence-electron chi connectivity index (χ3n) is 2.17. The van der Waals surface area contributed by atoms with Crippen molar-refractivity contribution in [3.8, 4) is 5.75 Å². The lowest BCUT2D eigenvalue weighted by molar-refractivity contribution is 0.329. The molecule has 0 atom stereocenters. The summed E-state index contributed by atoms with van der Waals surface area (Å²) in [5.41, 5.74) is 6.15. The van der Waals surface area contributed by atoms with E-state index < -0.39 is 0 Å². The van der Waals surface area contributed by atoms with Crippen LogP contribution in [-0.4, -0.2) is 18.1 Å². The first kappa shape index (κ1) is 13.1. The predicted molar refractivity (Wildman–Crippen MR) is 76.7 cm³/mol. The molecule has 2 rings (SSSR count). The first-order valence-corrected chi connectivity index (χ1v) is 6.87. The molecule has 0 fully saturated rings. The van der Waals surface area contributed by atoms with Crippen LogP contribution in [0.25, 0.3) is 10.9 Å². The second-order valence-corrected chi connectivity index (χ2v) is 5.43. The Labute approximate surface area is 121 Å². The highest BCUT2D eigenvalue weighted by atomic mass is 79.9. The van der Waals surface area contributed by atoms with Gasteiger partial charge in [-0.05, 0) is 34.1 Å². The van der Waals surface area contributed by atoms with Crippen LogP contribution in [0, 0.1) is 0 Å². The van der Waals surface area contributed by atoms with E-state index in [1.54, 1.807) is 6.07 Å². The third kappa shape index (κ3) is 2.73. The van der Waals surface area contributed by atoms with E-state index in [4.69, 9.17) is 22.1 Å². The summed E-state index contributed by atoms with van der Waals surface area (Å²) in [6.45, 7) is 0.883. The van der Waals surface area contributed by atoms with Gasteiger partial charge in [-0.3, -0.25) is 0 Å². The molecule has 0 bridgehead atoms. The lowest BCUT2D eigenvalue weighted by atomic mass is 10.2. The molecule has 0 radical (unpaired) electrons. The Balaban J connectivity index is 2.66. The molecule has 0 spiro atoms. The topological polar surface area (TPSA) is 48.1 Å². The highest BCUT2D eigenvalue weighted by Crippen LogP contribution is 2.37. The number of pyridine rings is 1. The van der Waals surface area contributed by atoms with Crippen molar-refractivity contribution >= 4 is 54.4 Å². The number of nitrogens with zero attached hydrogens (tertiary/aromatic N) is 1. The van der Waals surface area contributed by atoms with Gasteiger partial charge in [0.25, 0.3) is 0 Å². The van der Waals surface area contributed by atoms with Crippen molar-refractivity contribution in [3.05, 3.63) is 32.3 Å². The standard InChI is InChI=1S/C11H9Br2ClN2O/c12-7-5-8(13)11(17-4-3-15)10-6(7)1-2-9(14)16-10/h1-2,5H,3-4,15H2. The van der Waals surface area contributed by atoms with E-state index in [1.807, 2.05) is 12.1 Å². The van der Waals surface area contributed by atoms with Crippen LogP contribution in [0.1, 0.15) is 0 Å². The van der Waals surface area contributed by atoms with E-state index in [9.17, 15) is 0 Å². The molecule has 2 aromatic rings. The molecular formula is C11H9Br2ClN2O. The van der Waals surface area contributed by atoms with E-state index in [0.29, 0.717) is 29.6 Å². The summed E-state index contributed by atoms with van der Waals surface area (Å²) >= 11 is 12.8. The molecule has 0 unspecified atom stereocenters. The molecule has 1 heterocycles. The maximum atomic E-state index is 5.91. The smallest absolute Gasteiger partial charge is 0.159 e. The van der Waals surface area contributed by atoms with Gasteiger partial charge in [0.2, 0.25) is 0 Å². The van der Waals surface area contributed by atoms with E-state index >= 15 is 0 Å². The number of benzene rings is 1. The molecule has 3 nitrogen and oxygen atoms in total. The average Bonchev–Trinajstić information content (AvgIpc) is 2.28. The Hall–Kier alpha value is -0.360. The fourth-order valence-electron chi connectivity index (χ4n) is 1.47. The van der Waals surface area contributed by atoms with Crippen molar-refractivity contribution in [2.24, 2.45) is 5.73 Å². The summed E-state index contributed by atoms with van der Waals surface area (Å²) < 4.78 is 7.35. The number of aromatic nitrogens is 1. The molecule has 0 saturated heterocycles. The van der Waals surface area contributed by atoms with Crippen molar-refractivity contribution in [2.75, 3.05) is 13.2 Å². The zero-order valence-corrected chi connectivity index (χ0v) is 12.6. The number of hydrogen-bond donors (Lipinski definition) is 1. The summed E-state index contributed by atoms with van der Waals surface area (Å²) in [6.07, 6.45) is 0. The molecule has 0 aliphatic heterocycles. The molecule has 0 aliphatic carbocycles. The lowest BCUT2D eigenvalue weighted by Gasteiger charge is -2.11. The van der Waals surface area contributed by atoms with Gasteiger partial charge in [0.1, 0.15) is 17.3 Å². The molecule has 2 N–H and O–H groups in total. The van der Waals surface area contributed by atoms with Crippen molar-refractivity contribution < 1.29 is 4.74 Å². The molecule has 0 aliphatic rings. The van der Waals surface area contributed by atoms with Gasteiger partial charge in [-0.1, -0.05) is 27.5 Å². The minimum absolute atomic E-state index is 0.431. The van der Waals surface area contributed by atoms with Crippen molar-refractivity contribution in [1.82, 2.24) is 4.98 Å². The van der Waals surface area contributed by atoms with Gasteiger partial charge >= 0.3 is 0 Å². The maximum Gasteiger partial charge on any atom is 0.159 e. The van der Waals surface area contributed by atoms with Crippen LogP contribution >= 0.6 is 43.5 Å². The molecule has 6 heteroatoms. The first-order valence-electron chi connectivity index (χ1n) is 4.90. The fraction of sp³-hybridized carbons (Fsp3) is 0.182. The van der Waals surface area contributed by atoms with Crippen molar-refractivity contribution in [3.63, 3.8) is 0 Å². The predicted octanol–water partition coefficient (Wildman–Crippen LogP) is 3.75. The summed E-state index contributed by atoms with van der Waals surface area (Å²) in [6, 6.07) is 5.57. The van der Waals surface area contributed by atoms with Crippen LogP contribution in [-0.2, 0) is 0 Å². The van der Waals surface area contributed by atoms with Gasteiger partial charge < -0.3 is 10.5 Å². The number of hydrogen-bond acceptors (Lipinski definition) is 3. The number of halogens is 3. The highest BCUT2D eigenvalue weighted by molar-refractivity contribution is 9.11. The number of nitrogens with two attached hydrogens (primary N) is 1. The zero-order valence-electron chi connectivity index (χ0n) is 8.71. The zero-order chi connectivity index (χ0) is 12.4. The summed E-state index contributed by atoms with van der Waals surface area (Å²) in [7, 11) is 0. The first-order chi connectivity index (χ1) is 8.13. The van der Waals surface area contributed by atoms with Gasteiger partial charge in [-0.25, -0.2) is 4.98 Å². The molecule has 17 heavy (non-hydrogen) atoms. The van der Waals surface area contributed by atoms with E-state index in [0.717, 1.165) is 14.3 Å². The summed E-state index contributed by atoms with van der Waals surface area (Å²) in [5, 5.41) is 1.38. The van der Waals surface area contributed by atoms with Crippen LogP contribution in [0.4, 0.5) is 0 Å². The summed E-state index contributed by atoms with van der Waals surface area (Å²) in [4.78, 5) is 4.29.